The lowest BCUT2D eigenvalue weighted by atomic mass is 10.2. The number of carbonyl (C=O) groups excluding carboxylic acids is 1. The molecule has 1 aromatic carbocycles. The van der Waals surface area contributed by atoms with Gasteiger partial charge in [0.2, 0.25) is 5.91 Å². The molecule has 0 bridgehead atoms. The summed E-state index contributed by atoms with van der Waals surface area (Å²) in [7, 11) is -3.59. The highest BCUT2D eigenvalue weighted by atomic mass is 35.5. The summed E-state index contributed by atoms with van der Waals surface area (Å²) >= 11 is 5.88. The molecule has 2 saturated heterocycles. The molecule has 0 saturated carbocycles. The smallest absolute Gasteiger partial charge is 0.262 e. The summed E-state index contributed by atoms with van der Waals surface area (Å²) in [6, 6.07) is 7.29. The van der Waals surface area contributed by atoms with E-state index in [1.807, 2.05) is 17.0 Å². The van der Waals surface area contributed by atoms with Gasteiger partial charge in [0, 0.05) is 57.0 Å². The third-order valence-electron chi connectivity index (χ3n) is 6.06. The van der Waals surface area contributed by atoms with Crippen LogP contribution in [0.2, 0.25) is 5.02 Å². The highest BCUT2D eigenvalue weighted by molar-refractivity contribution is 7.89. The third kappa shape index (κ3) is 6.26. The second kappa shape index (κ2) is 10.9. The SMILES string of the molecule is O=C(Cn1cnc(S(=O)(=O)N2CCCCC2)c1)N1CCN(CCOc2ccc(Cl)cc2)CC1. The van der Waals surface area contributed by atoms with E-state index in [-0.39, 0.29) is 17.5 Å². The quantitative estimate of drug-likeness (QED) is 0.556. The molecule has 0 aliphatic carbocycles. The van der Waals surface area contributed by atoms with Crippen molar-refractivity contribution in [2.75, 3.05) is 52.4 Å². The van der Waals surface area contributed by atoms with Crippen LogP contribution in [-0.4, -0.2) is 90.4 Å². The van der Waals surface area contributed by atoms with Crippen LogP contribution >= 0.6 is 11.6 Å². The summed E-state index contributed by atoms with van der Waals surface area (Å²) in [5, 5.41) is 0.696. The molecule has 0 spiro atoms. The number of piperidine rings is 1. The molecule has 1 amide bonds. The first-order valence-electron chi connectivity index (χ1n) is 11.3. The van der Waals surface area contributed by atoms with Gasteiger partial charge in [-0.2, -0.15) is 4.31 Å². The van der Waals surface area contributed by atoms with Crippen molar-refractivity contribution in [3.05, 3.63) is 41.8 Å². The highest BCUT2D eigenvalue weighted by Gasteiger charge is 2.28. The number of imidazole rings is 1. The van der Waals surface area contributed by atoms with Gasteiger partial charge < -0.3 is 14.2 Å². The Balaban J connectivity index is 1.21. The largest absolute Gasteiger partial charge is 0.492 e. The van der Waals surface area contributed by atoms with Crippen LogP contribution in [0.3, 0.4) is 0 Å². The van der Waals surface area contributed by atoms with Gasteiger partial charge in [-0.3, -0.25) is 9.69 Å². The summed E-state index contributed by atoms with van der Waals surface area (Å²) < 4.78 is 34.3. The standard InChI is InChI=1S/C22H30ClN5O4S/c23-19-4-6-20(7-5-19)32-15-14-25-10-12-27(13-11-25)22(29)17-26-16-21(24-18-26)33(30,31)28-8-2-1-3-9-28/h4-7,16,18H,1-3,8-15,17H2. The number of aromatic nitrogens is 2. The summed E-state index contributed by atoms with van der Waals surface area (Å²) in [5.41, 5.74) is 0. The van der Waals surface area contributed by atoms with E-state index in [4.69, 9.17) is 16.3 Å². The number of amides is 1. The van der Waals surface area contributed by atoms with Crippen molar-refractivity contribution in [1.82, 2.24) is 23.7 Å². The molecule has 11 heteroatoms. The third-order valence-corrected chi connectivity index (χ3v) is 8.10. The van der Waals surface area contributed by atoms with Gasteiger partial charge in [0.15, 0.2) is 5.03 Å². The number of hydrogen-bond donors (Lipinski definition) is 0. The molecule has 180 valence electrons. The minimum atomic E-state index is -3.59. The Morgan fingerprint density at radius 3 is 2.39 bits per heavy atom. The maximum absolute atomic E-state index is 12.7. The molecule has 33 heavy (non-hydrogen) atoms. The van der Waals surface area contributed by atoms with Crippen molar-refractivity contribution in [3.63, 3.8) is 0 Å². The van der Waals surface area contributed by atoms with Crippen LogP contribution < -0.4 is 4.74 Å². The molecular formula is C22H30ClN5O4S. The molecular weight excluding hydrogens is 466 g/mol. The highest BCUT2D eigenvalue weighted by Crippen LogP contribution is 2.19. The minimum Gasteiger partial charge on any atom is -0.492 e. The lowest BCUT2D eigenvalue weighted by Gasteiger charge is -2.34. The monoisotopic (exact) mass is 495 g/mol. The zero-order chi connectivity index (χ0) is 23.3. The van der Waals surface area contributed by atoms with E-state index in [9.17, 15) is 13.2 Å². The van der Waals surface area contributed by atoms with Crippen LogP contribution in [0.4, 0.5) is 0 Å². The normalized spacial score (nSPS) is 18.4. The van der Waals surface area contributed by atoms with Crippen LogP contribution in [0.15, 0.2) is 41.8 Å². The van der Waals surface area contributed by atoms with E-state index in [0.717, 1.165) is 44.6 Å². The number of halogens is 1. The molecule has 2 aliphatic rings. The van der Waals surface area contributed by atoms with Crippen molar-refractivity contribution >= 4 is 27.5 Å². The van der Waals surface area contributed by atoms with Crippen molar-refractivity contribution < 1.29 is 17.9 Å². The van der Waals surface area contributed by atoms with Gasteiger partial charge in [-0.15, -0.1) is 0 Å². The molecule has 9 nitrogen and oxygen atoms in total. The fourth-order valence-electron chi connectivity index (χ4n) is 4.10. The van der Waals surface area contributed by atoms with Gasteiger partial charge >= 0.3 is 0 Å². The second-order valence-corrected chi connectivity index (χ2v) is 10.7. The molecule has 0 atom stereocenters. The zero-order valence-corrected chi connectivity index (χ0v) is 20.2. The first-order chi connectivity index (χ1) is 15.9. The van der Waals surface area contributed by atoms with Crippen LogP contribution in [0.25, 0.3) is 0 Å². The average molecular weight is 496 g/mol. The Bertz CT molecular complexity index is 1030. The lowest BCUT2D eigenvalue weighted by Crippen LogP contribution is -2.50. The average Bonchev–Trinajstić information content (AvgIpc) is 3.31. The summed E-state index contributed by atoms with van der Waals surface area (Å²) in [5.74, 6) is 0.751. The summed E-state index contributed by atoms with van der Waals surface area (Å²) in [6.45, 7) is 5.31. The van der Waals surface area contributed by atoms with E-state index in [0.29, 0.717) is 37.8 Å². The van der Waals surface area contributed by atoms with Gasteiger partial charge in [0.05, 0.1) is 6.33 Å². The van der Waals surface area contributed by atoms with Crippen molar-refractivity contribution in [2.45, 2.75) is 30.8 Å². The van der Waals surface area contributed by atoms with Gasteiger partial charge in [-0.1, -0.05) is 18.0 Å². The van der Waals surface area contributed by atoms with Crippen LogP contribution in [0.1, 0.15) is 19.3 Å². The zero-order valence-electron chi connectivity index (χ0n) is 18.6. The first kappa shape index (κ1) is 24.0. The Labute approximate surface area is 199 Å². The Morgan fingerprint density at radius 2 is 1.70 bits per heavy atom. The fourth-order valence-corrected chi connectivity index (χ4v) is 5.68. The summed E-state index contributed by atoms with van der Waals surface area (Å²) in [4.78, 5) is 20.9. The van der Waals surface area contributed by atoms with E-state index >= 15 is 0 Å². The number of ether oxygens (including phenoxy) is 1. The van der Waals surface area contributed by atoms with Gasteiger partial charge in [0.25, 0.3) is 10.0 Å². The van der Waals surface area contributed by atoms with Gasteiger partial charge in [0.1, 0.15) is 18.9 Å². The molecule has 1 aromatic heterocycles. The van der Waals surface area contributed by atoms with Gasteiger partial charge in [-0.25, -0.2) is 13.4 Å². The molecule has 0 unspecified atom stereocenters. The maximum Gasteiger partial charge on any atom is 0.262 e. The molecule has 2 aliphatic heterocycles. The van der Waals surface area contributed by atoms with Crippen molar-refractivity contribution in [3.8, 4) is 5.75 Å². The summed E-state index contributed by atoms with van der Waals surface area (Å²) in [6.07, 6.45) is 5.69. The van der Waals surface area contributed by atoms with Crippen molar-refractivity contribution in [2.24, 2.45) is 0 Å². The van der Waals surface area contributed by atoms with E-state index < -0.39 is 10.0 Å². The fraction of sp³-hybridized carbons (Fsp3) is 0.545. The van der Waals surface area contributed by atoms with Crippen molar-refractivity contribution in [1.29, 1.82) is 0 Å². The number of nitrogens with zero attached hydrogens (tertiary/aromatic N) is 5. The number of rotatable bonds is 8. The molecule has 2 aromatic rings. The predicted molar refractivity (Wildman–Crippen MR) is 125 cm³/mol. The number of sulfonamides is 1. The Hall–Kier alpha value is -2.14. The maximum atomic E-state index is 12.7. The Kier molecular flexibility index (Phi) is 7.90. The topological polar surface area (TPSA) is 88.0 Å². The number of benzene rings is 1. The van der Waals surface area contributed by atoms with Crippen LogP contribution in [0.5, 0.6) is 5.75 Å². The second-order valence-electron chi connectivity index (χ2n) is 8.37. The molecule has 2 fully saturated rings. The van der Waals surface area contributed by atoms with E-state index in [2.05, 4.69) is 9.88 Å². The van der Waals surface area contributed by atoms with Crippen LogP contribution in [0, 0.1) is 0 Å². The lowest BCUT2D eigenvalue weighted by molar-refractivity contribution is -0.133. The molecule has 4 rings (SSSR count). The number of hydrogen-bond acceptors (Lipinski definition) is 6. The van der Waals surface area contributed by atoms with Gasteiger partial charge in [-0.05, 0) is 37.1 Å². The molecule has 0 radical (unpaired) electrons. The predicted octanol–water partition coefficient (Wildman–Crippen LogP) is 1.93. The minimum absolute atomic E-state index is 0.0164. The number of carbonyl (C=O) groups is 1. The first-order valence-corrected chi connectivity index (χ1v) is 13.1. The van der Waals surface area contributed by atoms with E-state index in [1.54, 1.807) is 16.7 Å². The van der Waals surface area contributed by atoms with E-state index in [1.165, 1.54) is 16.8 Å². The van der Waals surface area contributed by atoms with Crippen LogP contribution in [-0.2, 0) is 21.4 Å². The Morgan fingerprint density at radius 1 is 1.00 bits per heavy atom. The number of piperazine rings is 1. The molecule has 3 heterocycles. The molecule has 0 N–H and O–H groups in total.